The summed E-state index contributed by atoms with van der Waals surface area (Å²) in [6.07, 6.45) is 8.38. The van der Waals surface area contributed by atoms with Crippen molar-refractivity contribution in [2.75, 3.05) is 0 Å². The number of hydrogen-bond donors (Lipinski definition) is 0. The molecule has 4 atom stereocenters. The van der Waals surface area contributed by atoms with Crippen LogP contribution in [0.3, 0.4) is 0 Å². The van der Waals surface area contributed by atoms with E-state index < -0.39 is 0 Å². The van der Waals surface area contributed by atoms with E-state index in [9.17, 15) is 0 Å². The van der Waals surface area contributed by atoms with Crippen molar-refractivity contribution in [1.82, 2.24) is 0 Å². The van der Waals surface area contributed by atoms with Gasteiger partial charge in [-0.2, -0.15) is 0 Å². The molecule has 4 unspecified atom stereocenters. The fourth-order valence-electron chi connectivity index (χ4n) is 3.01. The van der Waals surface area contributed by atoms with Crippen molar-refractivity contribution in [1.29, 1.82) is 0 Å². The zero-order valence-electron chi connectivity index (χ0n) is 9.26. The van der Waals surface area contributed by atoms with E-state index in [1.54, 1.807) is 0 Å². The summed E-state index contributed by atoms with van der Waals surface area (Å²) in [6, 6.07) is 0. The van der Waals surface area contributed by atoms with Crippen molar-refractivity contribution in [2.24, 2.45) is 5.41 Å². The Balaban J connectivity index is 1.85. The summed E-state index contributed by atoms with van der Waals surface area (Å²) in [5.41, 5.74) is 0.459. The number of alkyl halides is 1. The summed E-state index contributed by atoms with van der Waals surface area (Å²) in [4.78, 5) is 0. The second kappa shape index (κ2) is 4.02. The molecular weight excluding hydrogens is 196 g/mol. The largest absolute Gasteiger partial charge is 0.375 e. The third kappa shape index (κ3) is 2.43. The van der Waals surface area contributed by atoms with E-state index in [1.165, 1.54) is 38.5 Å². The average Bonchev–Trinajstić information content (AvgIpc) is 2.60. The molecule has 0 spiro atoms. The molecule has 0 bridgehead atoms. The first-order chi connectivity index (χ1) is 6.57. The van der Waals surface area contributed by atoms with Crippen LogP contribution >= 0.6 is 11.6 Å². The molecule has 0 radical (unpaired) electrons. The number of halogens is 1. The molecule has 0 aromatic heterocycles. The van der Waals surface area contributed by atoms with Crippen molar-refractivity contribution in [2.45, 2.75) is 70.0 Å². The van der Waals surface area contributed by atoms with Crippen molar-refractivity contribution >= 4 is 11.6 Å². The molecule has 0 aromatic carbocycles. The van der Waals surface area contributed by atoms with E-state index in [0.717, 1.165) is 0 Å². The summed E-state index contributed by atoms with van der Waals surface area (Å²) in [5, 5.41) is 0.416. The molecule has 2 rings (SSSR count). The van der Waals surface area contributed by atoms with Gasteiger partial charge in [-0.15, -0.1) is 11.6 Å². The third-order valence-electron chi connectivity index (χ3n) is 3.82. The van der Waals surface area contributed by atoms with Crippen LogP contribution in [0.1, 0.15) is 52.4 Å². The van der Waals surface area contributed by atoms with Crippen LogP contribution in [-0.4, -0.2) is 17.6 Å². The minimum Gasteiger partial charge on any atom is -0.375 e. The van der Waals surface area contributed by atoms with Gasteiger partial charge in [-0.25, -0.2) is 0 Å². The first-order valence-electron chi connectivity index (χ1n) is 5.87. The summed E-state index contributed by atoms with van der Waals surface area (Å²) in [5.74, 6) is 0. The van der Waals surface area contributed by atoms with Crippen LogP contribution in [-0.2, 0) is 4.74 Å². The van der Waals surface area contributed by atoms with Gasteiger partial charge in [0.25, 0.3) is 0 Å². The van der Waals surface area contributed by atoms with Gasteiger partial charge in [0.15, 0.2) is 0 Å². The van der Waals surface area contributed by atoms with Gasteiger partial charge in [-0.05, 0) is 50.9 Å². The molecule has 1 aliphatic heterocycles. The van der Waals surface area contributed by atoms with E-state index >= 15 is 0 Å². The lowest BCUT2D eigenvalue weighted by atomic mass is 9.82. The number of rotatable bonds is 2. The maximum Gasteiger partial charge on any atom is 0.0584 e. The quantitative estimate of drug-likeness (QED) is 0.639. The lowest BCUT2D eigenvalue weighted by molar-refractivity contribution is 0.0264. The lowest BCUT2D eigenvalue weighted by Crippen LogP contribution is -2.21. The lowest BCUT2D eigenvalue weighted by Gasteiger charge is -2.27. The van der Waals surface area contributed by atoms with Crippen LogP contribution in [0.2, 0.25) is 0 Å². The smallest absolute Gasteiger partial charge is 0.0584 e. The van der Waals surface area contributed by atoms with Gasteiger partial charge in [-0.1, -0.05) is 6.92 Å². The molecular formula is C12H21ClO. The zero-order valence-corrected chi connectivity index (χ0v) is 10.0. The summed E-state index contributed by atoms with van der Waals surface area (Å²) in [7, 11) is 0. The molecule has 0 amide bonds. The summed E-state index contributed by atoms with van der Waals surface area (Å²) in [6.45, 7) is 4.56. The third-order valence-corrected chi connectivity index (χ3v) is 4.19. The fourth-order valence-corrected chi connectivity index (χ4v) is 3.50. The Morgan fingerprint density at radius 2 is 2.14 bits per heavy atom. The fraction of sp³-hybridized carbons (Fsp3) is 1.00. The predicted molar refractivity (Wildman–Crippen MR) is 59.8 cm³/mol. The maximum absolute atomic E-state index is 6.17. The molecule has 1 saturated heterocycles. The highest BCUT2D eigenvalue weighted by molar-refractivity contribution is 6.20. The molecule has 14 heavy (non-hydrogen) atoms. The maximum atomic E-state index is 6.17. The van der Waals surface area contributed by atoms with E-state index in [1.807, 2.05) is 0 Å². The van der Waals surface area contributed by atoms with Crippen molar-refractivity contribution in [3.05, 3.63) is 0 Å². The molecule has 1 aliphatic carbocycles. The van der Waals surface area contributed by atoms with E-state index in [0.29, 0.717) is 23.0 Å². The van der Waals surface area contributed by atoms with Crippen LogP contribution in [0, 0.1) is 5.41 Å². The van der Waals surface area contributed by atoms with Crippen molar-refractivity contribution in [3.63, 3.8) is 0 Å². The highest BCUT2D eigenvalue weighted by atomic mass is 35.5. The number of hydrogen-bond acceptors (Lipinski definition) is 1. The monoisotopic (exact) mass is 216 g/mol. The standard InChI is InChI=1S/C12H21ClO/c1-9-3-4-11(14-9)8-12(2)6-5-10(13)7-12/h9-11H,3-8H2,1-2H3. The molecule has 2 heteroatoms. The van der Waals surface area contributed by atoms with Crippen LogP contribution in [0.25, 0.3) is 0 Å². The Kier molecular flexibility index (Phi) is 3.09. The molecule has 1 saturated carbocycles. The Morgan fingerprint density at radius 3 is 2.64 bits per heavy atom. The van der Waals surface area contributed by atoms with Gasteiger partial charge < -0.3 is 4.74 Å². The second-order valence-corrected chi connectivity index (χ2v) is 6.12. The Morgan fingerprint density at radius 1 is 1.36 bits per heavy atom. The van der Waals surface area contributed by atoms with E-state index in [2.05, 4.69) is 13.8 Å². The Hall–Kier alpha value is 0.250. The highest BCUT2D eigenvalue weighted by Gasteiger charge is 2.37. The van der Waals surface area contributed by atoms with Gasteiger partial charge >= 0.3 is 0 Å². The SMILES string of the molecule is CC1CCC(CC2(C)CCC(Cl)C2)O1. The van der Waals surface area contributed by atoms with E-state index in [-0.39, 0.29) is 0 Å². The highest BCUT2D eigenvalue weighted by Crippen LogP contribution is 2.45. The van der Waals surface area contributed by atoms with Gasteiger partial charge in [-0.3, -0.25) is 0 Å². The average molecular weight is 217 g/mol. The normalized spacial score (nSPS) is 48.6. The van der Waals surface area contributed by atoms with Gasteiger partial charge in [0.1, 0.15) is 0 Å². The predicted octanol–water partition coefficient (Wildman–Crippen LogP) is 3.74. The van der Waals surface area contributed by atoms with Gasteiger partial charge in [0, 0.05) is 5.38 Å². The molecule has 1 heterocycles. The Bertz CT molecular complexity index is 206. The Labute approximate surface area is 92.2 Å². The second-order valence-electron chi connectivity index (χ2n) is 5.50. The molecule has 2 aliphatic rings. The van der Waals surface area contributed by atoms with Crippen LogP contribution in [0.4, 0.5) is 0 Å². The summed E-state index contributed by atoms with van der Waals surface area (Å²) < 4.78 is 5.88. The topological polar surface area (TPSA) is 9.23 Å². The van der Waals surface area contributed by atoms with Crippen molar-refractivity contribution in [3.8, 4) is 0 Å². The first-order valence-corrected chi connectivity index (χ1v) is 6.31. The molecule has 2 fully saturated rings. The number of ether oxygens (including phenoxy) is 1. The minimum atomic E-state index is 0.416. The van der Waals surface area contributed by atoms with Crippen LogP contribution < -0.4 is 0 Å². The van der Waals surface area contributed by atoms with Crippen molar-refractivity contribution < 1.29 is 4.74 Å². The molecule has 82 valence electrons. The molecule has 0 N–H and O–H groups in total. The zero-order chi connectivity index (χ0) is 10.2. The van der Waals surface area contributed by atoms with Crippen LogP contribution in [0.5, 0.6) is 0 Å². The molecule has 1 nitrogen and oxygen atoms in total. The first kappa shape index (κ1) is 10.8. The van der Waals surface area contributed by atoms with E-state index in [4.69, 9.17) is 16.3 Å². The summed E-state index contributed by atoms with van der Waals surface area (Å²) >= 11 is 6.17. The van der Waals surface area contributed by atoms with Gasteiger partial charge in [0.2, 0.25) is 0 Å². The minimum absolute atomic E-state index is 0.416. The van der Waals surface area contributed by atoms with Gasteiger partial charge in [0.05, 0.1) is 12.2 Å². The van der Waals surface area contributed by atoms with Crippen LogP contribution in [0.15, 0.2) is 0 Å². The molecule has 0 aromatic rings.